The summed E-state index contributed by atoms with van der Waals surface area (Å²) >= 11 is 1.59. The van der Waals surface area contributed by atoms with Crippen LogP contribution < -0.4 is 5.32 Å². The van der Waals surface area contributed by atoms with Crippen molar-refractivity contribution in [2.75, 3.05) is 5.32 Å². The van der Waals surface area contributed by atoms with E-state index >= 15 is 4.39 Å². The fraction of sp³-hybridized carbons (Fsp3) is 0.222. The second kappa shape index (κ2) is 9.26. The number of nitrogens with one attached hydrogen (secondary N) is 3. The van der Waals surface area contributed by atoms with Crippen LogP contribution in [0.2, 0.25) is 0 Å². The van der Waals surface area contributed by atoms with Gasteiger partial charge in [0.25, 0.3) is 0 Å². The summed E-state index contributed by atoms with van der Waals surface area (Å²) in [7, 11) is 0. The fourth-order valence-corrected chi connectivity index (χ4v) is 5.15. The molecule has 6 aromatic heterocycles. The van der Waals surface area contributed by atoms with Crippen LogP contribution in [0.15, 0.2) is 53.9 Å². The molecule has 0 amide bonds. The van der Waals surface area contributed by atoms with Gasteiger partial charge in [-0.2, -0.15) is 16.4 Å². The number of imidazole rings is 1. The first-order chi connectivity index (χ1) is 18.3. The molecule has 4 N–H and O–H groups in total. The Balaban J connectivity index is 1.40. The molecule has 0 saturated heterocycles. The molecule has 11 heteroatoms. The van der Waals surface area contributed by atoms with Crippen LogP contribution in [0.25, 0.3) is 55.8 Å². The van der Waals surface area contributed by atoms with Gasteiger partial charge in [-0.25, -0.2) is 9.37 Å². The lowest BCUT2D eigenvalue weighted by atomic mass is 9.91. The summed E-state index contributed by atoms with van der Waals surface area (Å²) < 4.78 is 16.0. The number of pyridine rings is 3. The van der Waals surface area contributed by atoms with Crippen LogP contribution in [0.3, 0.4) is 0 Å². The maximum Gasteiger partial charge on any atom is 0.161 e. The average Bonchev–Trinajstić information content (AvgIpc) is 3.62. The summed E-state index contributed by atoms with van der Waals surface area (Å²) in [6.07, 6.45) is 7.90. The standard InChI is InChI=1S/C27H25FN8OS/c1-27(2,3)7-20(37)32-16-6-15(8-29-9-16)23-22(28)21-18(12-31-23)35-36-25(21)26-33-19-11-30-10-17(24(19)34-26)14-4-5-38-13-14/h4-6,8-13,20,32,37H,7H2,1-3H3,(H,33,34)(H,35,36). The highest BCUT2D eigenvalue weighted by Crippen LogP contribution is 2.35. The number of halogens is 1. The zero-order valence-corrected chi connectivity index (χ0v) is 21.8. The first-order valence-corrected chi connectivity index (χ1v) is 13.0. The molecule has 1 atom stereocenters. The van der Waals surface area contributed by atoms with Crippen LogP contribution in [0.1, 0.15) is 27.2 Å². The molecule has 9 nitrogen and oxygen atoms in total. The molecule has 0 spiro atoms. The minimum Gasteiger partial charge on any atom is -0.374 e. The number of thiophene rings is 1. The van der Waals surface area contributed by atoms with Gasteiger partial charge < -0.3 is 15.4 Å². The number of hydrogen-bond donors (Lipinski definition) is 4. The number of aliphatic hydroxyl groups is 1. The molecule has 38 heavy (non-hydrogen) atoms. The van der Waals surface area contributed by atoms with E-state index in [1.165, 1.54) is 6.20 Å². The minimum atomic E-state index is -0.769. The van der Waals surface area contributed by atoms with Gasteiger partial charge in [-0.1, -0.05) is 20.8 Å². The van der Waals surface area contributed by atoms with E-state index in [9.17, 15) is 5.11 Å². The topological polar surface area (TPSA) is 128 Å². The first kappa shape index (κ1) is 24.1. The van der Waals surface area contributed by atoms with E-state index in [0.29, 0.717) is 34.7 Å². The van der Waals surface area contributed by atoms with Crippen molar-refractivity contribution in [3.63, 3.8) is 0 Å². The Kier molecular flexibility index (Phi) is 5.88. The van der Waals surface area contributed by atoms with Crippen molar-refractivity contribution < 1.29 is 9.50 Å². The quantitative estimate of drug-likeness (QED) is 0.195. The van der Waals surface area contributed by atoms with Crippen molar-refractivity contribution in [1.82, 2.24) is 35.1 Å². The number of nitrogens with zero attached hydrogens (tertiary/aromatic N) is 5. The van der Waals surface area contributed by atoms with Gasteiger partial charge in [-0.15, -0.1) is 0 Å². The molecule has 0 aromatic carbocycles. The van der Waals surface area contributed by atoms with Gasteiger partial charge in [0.05, 0.1) is 40.7 Å². The van der Waals surface area contributed by atoms with E-state index in [4.69, 9.17) is 4.98 Å². The molecule has 0 radical (unpaired) electrons. The number of aromatic nitrogens is 7. The van der Waals surface area contributed by atoms with Crippen molar-refractivity contribution >= 4 is 39.0 Å². The van der Waals surface area contributed by atoms with Crippen LogP contribution in [0.4, 0.5) is 10.1 Å². The average molecular weight is 529 g/mol. The van der Waals surface area contributed by atoms with E-state index in [-0.39, 0.29) is 16.5 Å². The predicted octanol–water partition coefficient (Wildman–Crippen LogP) is 5.99. The Morgan fingerprint density at radius 1 is 1.05 bits per heavy atom. The van der Waals surface area contributed by atoms with Gasteiger partial charge in [0.1, 0.15) is 23.1 Å². The monoisotopic (exact) mass is 528 g/mol. The Morgan fingerprint density at radius 3 is 2.68 bits per heavy atom. The smallest absolute Gasteiger partial charge is 0.161 e. The Hall–Kier alpha value is -4.22. The summed E-state index contributed by atoms with van der Waals surface area (Å²) in [5.74, 6) is -0.122. The number of aliphatic hydroxyl groups excluding tert-OH is 1. The second-order valence-electron chi connectivity index (χ2n) is 10.3. The van der Waals surface area contributed by atoms with E-state index in [1.807, 2.05) is 37.6 Å². The molecule has 192 valence electrons. The normalized spacial score (nSPS) is 12.9. The molecule has 1 unspecified atom stereocenters. The highest BCUT2D eigenvalue weighted by Gasteiger charge is 2.22. The van der Waals surface area contributed by atoms with Crippen LogP contribution in [-0.4, -0.2) is 46.5 Å². The summed E-state index contributed by atoms with van der Waals surface area (Å²) in [4.78, 5) is 20.9. The molecular weight excluding hydrogens is 503 g/mol. The number of aromatic amines is 2. The summed E-state index contributed by atoms with van der Waals surface area (Å²) in [5, 5.41) is 25.0. The Bertz CT molecular complexity index is 1750. The third-order valence-corrected chi connectivity index (χ3v) is 6.83. The highest BCUT2D eigenvalue weighted by molar-refractivity contribution is 7.08. The molecule has 0 aliphatic carbocycles. The largest absolute Gasteiger partial charge is 0.374 e. The van der Waals surface area contributed by atoms with E-state index < -0.39 is 12.0 Å². The molecule has 0 fully saturated rings. The zero-order valence-electron chi connectivity index (χ0n) is 21.0. The molecular formula is C27H25FN8OS. The van der Waals surface area contributed by atoms with Gasteiger partial charge in [-0.3, -0.25) is 20.1 Å². The van der Waals surface area contributed by atoms with Gasteiger partial charge in [0, 0.05) is 23.5 Å². The van der Waals surface area contributed by atoms with Crippen LogP contribution in [-0.2, 0) is 0 Å². The molecule has 6 rings (SSSR count). The molecule has 0 aliphatic rings. The number of hydrogen-bond acceptors (Lipinski definition) is 8. The maximum absolute atomic E-state index is 16.0. The zero-order chi connectivity index (χ0) is 26.4. The van der Waals surface area contributed by atoms with Gasteiger partial charge >= 0.3 is 0 Å². The number of rotatable bonds is 6. The van der Waals surface area contributed by atoms with Crippen LogP contribution >= 0.6 is 11.3 Å². The summed E-state index contributed by atoms with van der Waals surface area (Å²) in [6.45, 7) is 6.14. The lowest BCUT2D eigenvalue weighted by molar-refractivity contribution is 0.145. The van der Waals surface area contributed by atoms with Crippen molar-refractivity contribution in [1.29, 1.82) is 0 Å². The second-order valence-corrected chi connectivity index (χ2v) is 11.1. The van der Waals surface area contributed by atoms with Crippen molar-refractivity contribution in [3.05, 3.63) is 59.7 Å². The first-order valence-electron chi connectivity index (χ1n) is 12.1. The lowest BCUT2D eigenvalue weighted by Crippen LogP contribution is -2.25. The van der Waals surface area contributed by atoms with Crippen LogP contribution in [0.5, 0.6) is 0 Å². The molecule has 0 aliphatic heterocycles. The van der Waals surface area contributed by atoms with Crippen LogP contribution in [0, 0.1) is 11.2 Å². The van der Waals surface area contributed by atoms with Crippen molar-refractivity contribution in [2.24, 2.45) is 5.41 Å². The third kappa shape index (κ3) is 4.50. The lowest BCUT2D eigenvalue weighted by Gasteiger charge is -2.23. The van der Waals surface area contributed by atoms with E-state index in [0.717, 1.165) is 22.2 Å². The number of fused-ring (bicyclic) bond motifs is 2. The third-order valence-electron chi connectivity index (χ3n) is 6.15. The molecule has 6 aromatic rings. The summed E-state index contributed by atoms with van der Waals surface area (Å²) in [6, 6.07) is 3.73. The maximum atomic E-state index is 16.0. The minimum absolute atomic E-state index is 0.0645. The van der Waals surface area contributed by atoms with E-state index in [1.54, 1.807) is 42.2 Å². The van der Waals surface area contributed by atoms with Gasteiger partial charge in [0.2, 0.25) is 0 Å². The van der Waals surface area contributed by atoms with Gasteiger partial charge in [0.15, 0.2) is 11.6 Å². The molecule has 0 saturated carbocycles. The number of anilines is 1. The van der Waals surface area contributed by atoms with Crippen molar-refractivity contribution in [2.45, 2.75) is 33.4 Å². The Labute approximate surface area is 221 Å². The highest BCUT2D eigenvalue weighted by atomic mass is 32.1. The Morgan fingerprint density at radius 2 is 1.89 bits per heavy atom. The summed E-state index contributed by atoms with van der Waals surface area (Å²) in [5.41, 5.74) is 5.25. The fourth-order valence-electron chi connectivity index (χ4n) is 4.49. The number of H-pyrrole nitrogens is 2. The SMILES string of the molecule is CC(C)(C)CC(O)Nc1cncc(-c2ncc3[nH]nc(-c4nc5c(-c6ccsc6)cncc5[nH]4)c3c2F)c1. The van der Waals surface area contributed by atoms with Gasteiger partial charge in [-0.05, 0) is 40.3 Å². The van der Waals surface area contributed by atoms with Crippen molar-refractivity contribution in [3.8, 4) is 33.9 Å². The molecule has 6 heterocycles. The molecule has 0 bridgehead atoms. The van der Waals surface area contributed by atoms with E-state index in [2.05, 4.69) is 35.5 Å². The predicted molar refractivity (Wildman–Crippen MR) is 147 cm³/mol.